The lowest BCUT2D eigenvalue weighted by molar-refractivity contribution is 0.355. The van der Waals surface area contributed by atoms with E-state index in [1.165, 1.54) is 11.9 Å². The smallest absolute Gasteiger partial charge is 0.217 e. The number of thiophene rings is 1. The van der Waals surface area contributed by atoms with E-state index >= 15 is 0 Å². The molecule has 0 amide bonds. The fourth-order valence-electron chi connectivity index (χ4n) is 1.37. The second-order valence-electron chi connectivity index (χ2n) is 3.43. The number of nitrogens with zero attached hydrogens (tertiary/aromatic N) is 2. The van der Waals surface area contributed by atoms with Crippen molar-refractivity contribution in [1.82, 2.24) is 9.97 Å². The average Bonchev–Trinajstić information content (AvgIpc) is 2.76. The van der Waals surface area contributed by atoms with Gasteiger partial charge in [0.2, 0.25) is 5.88 Å². The van der Waals surface area contributed by atoms with E-state index in [4.69, 9.17) is 4.74 Å². The molecule has 0 fully saturated rings. The summed E-state index contributed by atoms with van der Waals surface area (Å²) in [6, 6.07) is 1.84. The van der Waals surface area contributed by atoms with Gasteiger partial charge < -0.3 is 4.74 Å². The van der Waals surface area contributed by atoms with Crippen LogP contribution in [-0.2, 0) is 0 Å². The predicted octanol–water partition coefficient (Wildman–Crippen LogP) is 2.92. The Labute approximate surface area is 105 Å². The molecule has 2 heterocycles. The molecule has 0 aliphatic carbocycles. The molecule has 2 aromatic rings. The average molecular weight is 244 g/mol. The second kappa shape index (κ2) is 5.46. The molecule has 0 saturated carbocycles. The topological polar surface area (TPSA) is 35.0 Å². The maximum atomic E-state index is 5.40. The van der Waals surface area contributed by atoms with Crippen molar-refractivity contribution in [3.8, 4) is 29.0 Å². The van der Waals surface area contributed by atoms with E-state index in [2.05, 4.69) is 39.5 Å². The first-order valence-electron chi connectivity index (χ1n) is 5.19. The molecule has 0 spiro atoms. The highest BCUT2D eigenvalue weighted by Gasteiger charge is 2.06. The Bertz CT molecular complexity index is 566. The van der Waals surface area contributed by atoms with Gasteiger partial charge in [0.1, 0.15) is 6.33 Å². The van der Waals surface area contributed by atoms with Crippen LogP contribution in [0.2, 0.25) is 0 Å². The van der Waals surface area contributed by atoms with E-state index in [0.29, 0.717) is 12.5 Å². The van der Waals surface area contributed by atoms with Crippen LogP contribution in [-0.4, -0.2) is 16.6 Å². The lowest BCUT2D eigenvalue weighted by atomic mass is 10.1. The van der Waals surface area contributed by atoms with E-state index in [1.54, 1.807) is 18.3 Å². The zero-order chi connectivity index (χ0) is 12.1. The molecule has 0 aliphatic rings. The summed E-state index contributed by atoms with van der Waals surface area (Å²) in [5.74, 6) is 6.16. The molecule has 0 bridgehead atoms. The maximum Gasteiger partial charge on any atom is 0.217 e. The first-order valence-corrected chi connectivity index (χ1v) is 6.13. The highest BCUT2D eigenvalue weighted by atomic mass is 32.1. The molecular formula is C13H12N2OS. The van der Waals surface area contributed by atoms with Crippen molar-refractivity contribution >= 4 is 11.3 Å². The number of aromatic nitrogens is 2. The van der Waals surface area contributed by atoms with Gasteiger partial charge >= 0.3 is 0 Å². The van der Waals surface area contributed by atoms with Crippen LogP contribution in [0.15, 0.2) is 23.2 Å². The molecule has 2 rings (SSSR count). The Balaban J connectivity index is 2.22. The van der Waals surface area contributed by atoms with Crippen molar-refractivity contribution in [2.45, 2.75) is 13.8 Å². The van der Waals surface area contributed by atoms with E-state index in [1.807, 2.05) is 6.07 Å². The maximum absolute atomic E-state index is 5.40. The van der Waals surface area contributed by atoms with Crippen molar-refractivity contribution < 1.29 is 4.74 Å². The first-order chi connectivity index (χ1) is 8.31. The van der Waals surface area contributed by atoms with Gasteiger partial charge in [0.05, 0.1) is 5.69 Å². The Hall–Kier alpha value is -1.86. The Morgan fingerprint density at radius 1 is 1.35 bits per heavy atom. The van der Waals surface area contributed by atoms with Crippen LogP contribution in [0.5, 0.6) is 5.88 Å². The minimum atomic E-state index is 0.357. The Morgan fingerprint density at radius 3 is 2.94 bits per heavy atom. The van der Waals surface area contributed by atoms with Crippen LogP contribution in [0.3, 0.4) is 0 Å². The SMILES string of the molecule is CC#CCOc1cc(-c2cscc2C)ncn1. The first kappa shape index (κ1) is 11.6. The van der Waals surface area contributed by atoms with Crippen molar-refractivity contribution in [1.29, 1.82) is 0 Å². The van der Waals surface area contributed by atoms with Gasteiger partial charge in [-0.25, -0.2) is 9.97 Å². The number of ether oxygens (including phenoxy) is 1. The monoisotopic (exact) mass is 244 g/mol. The van der Waals surface area contributed by atoms with Gasteiger partial charge in [-0.1, -0.05) is 5.92 Å². The third-order valence-electron chi connectivity index (χ3n) is 2.24. The van der Waals surface area contributed by atoms with Crippen LogP contribution in [0.1, 0.15) is 12.5 Å². The molecule has 86 valence electrons. The van der Waals surface area contributed by atoms with Gasteiger partial charge in [-0.3, -0.25) is 0 Å². The quantitative estimate of drug-likeness (QED) is 0.779. The lowest BCUT2D eigenvalue weighted by Gasteiger charge is -2.03. The minimum absolute atomic E-state index is 0.357. The van der Waals surface area contributed by atoms with Crippen LogP contribution < -0.4 is 4.74 Å². The number of hydrogen-bond donors (Lipinski definition) is 0. The van der Waals surface area contributed by atoms with Gasteiger partial charge in [0.25, 0.3) is 0 Å². The van der Waals surface area contributed by atoms with Crippen LogP contribution in [0, 0.1) is 18.8 Å². The standard InChI is InChI=1S/C13H12N2OS/c1-3-4-5-16-13-6-12(14-9-15-13)11-8-17-7-10(11)2/h6-9H,5H2,1-2H3. The summed E-state index contributed by atoms with van der Waals surface area (Å²) in [5.41, 5.74) is 3.23. The summed E-state index contributed by atoms with van der Waals surface area (Å²) in [5, 5.41) is 4.17. The van der Waals surface area contributed by atoms with Crippen molar-refractivity contribution in [3.05, 3.63) is 28.7 Å². The molecule has 0 saturated heterocycles. The van der Waals surface area contributed by atoms with Gasteiger partial charge in [0, 0.05) is 17.0 Å². The number of hydrogen-bond acceptors (Lipinski definition) is 4. The van der Waals surface area contributed by atoms with E-state index in [-0.39, 0.29) is 0 Å². The fraction of sp³-hybridized carbons (Fsp3) is 0.231. The predicted molar refractivity (Wildman–Crippen MR) is 69.0 cm³/mol. The van der Waals surface area contributed by atoms with E-state index in [0.717, 1.165) is 11.3 Å². The highest BCUT2D eigenvalue weighted by molar-refractivity contribution is 7.08. The Kier molecular flexibility index (Phi) is 3.73. The van der Waals surface area contributed by atoms with Gasteiger partial charge in [-0.05, 0) is 24.8 Å². The Morgan fingerprint density at radius 2 is 2.24 bits per heavy atom. The minimum Gasteiger partial charge on any atom is -0.464 e. The van der Waals surface area contributed by atoms with E-state index in [9.17, 15) is 0 Å². The molecule has 17 heavy (non-hydrogen) atoms. The van der Waals surface area contributed by atoms with Gasteiger partial charge in [0.15, 0.2) is 6.61 Å². The summed E-state index contributed by atoms with van der Waals surface area (Å²) >= 11 is 1.66. The third-order valence-corrected chi connectivity index (χ3v) is 3.10. The summed E-state index contributed by atoms with van der Waals surface area (Å²) < 4.78 is 5.40. The van der Waals surface area contributed by atoms with Crippen molar-refractivity contribution in [2.24, 2.45) is 0 Å². The van der Waals surface area contributed by atoms with Gasteiger partial charge in [-0.15, -0.1) is 5.92 Å². The molecule has 0 unspecified atom stereocenters. The van der Waals surface area contributed by atoms with E-state index < -0.39 is 0 Å². The summed E-state index contributed by atoms with van der Waals surface area (Å²) in [6.45, 7) is 4.20. The largest absolute Gasteiger partial charge is 0.464 e. The van der Waals surface area contributed by atoms with Gasteiger partial charge in [-0.2, -0.15) is 11.3 Å². The zero-order valence-corrected chi connectivity index (χ0v) is 10.5. The van der Waals surface area contributed by atoms with Crippen LogP contribution in [0.4, 0.5) is 0 Å². The molecule has 0 aromatic carbocycles. The summed E-state index contributed by atoms with van der Waals surface area (Å²) in [7, 11) is 0. The molecule has 4 heteroatoms. The molecule has 0 radical (unpaired) electrons. The summed E-state index contributed by atoms with van der Waals surface area (Å²) in [4.78, 5) is 8.30. The zero-order valence-electron chi connectivity index (χ0n) is 9.73. The molecule has 0 aliphatic heterocycles. The number of rotatable bonds is 3. The van der Waals surface area contributed by atoms with Crippen LogP contribution in [0.25, 0.3) is 11.3 Å². The molecular weight excluding hydrogens is 232 g/mol. The van der Waals surface area contributed by atoms with Crippen molar-refractivity contribution in [2.75, 3.05) is 6.61 Å². The third kappa shape index (κ3) is 2.83. The summed E-state index contributed by atoms with van der Waals surface area (Å²) in [6.07, 6.45) is 1.52. The fourth-order valence-corrected chi connectivity index (χ4v) is 2.21. The van der Waals surface area contributed by atoms with Crippen molar-refractivity contribution in [3.63, 3.8) is 0 Å². The lowest BCUT2D eigenvalue weighted by Crippen LogP contribution is -1.97. The highest BCUT2D eigenvalue weighted by Crippen LogP contribution is 2.26. The second-order valence-corrected chi connectivity index (χ2v) is 4.17. The molecule has 3 nitrogen and oxygen atoms in total. The molecule has 2 aromatic heterocycles. The number of aryl methyl sites for hydroxylation is 1. The van der Waals surface area contributed by atoms with Crippen LogP contribution >= 0.6 is 11.3 Å². The molecule has 0 N–H and O–H groups in total. The molecule has 0 atom stereocenters. The normalized spacial score (nSPS) is 9.53.